The van der Waals surface area contributed by atoms with Crippen molar-refractivity contribution in [3.05, 3.63) is 29.1 Å². The molecular formula is C15H26FN. The molecule has 0 fully saturated rings. The highest BCUT2D eigenvalue weighted by Crippen LogP contribution is 2.27. The molecule has 1 nitrogen and oxygen atoms in total. The zero-order chi connectivity index (χ0) is 13.6. The van der Waals surface area contributed by atoms with Crippen molar-refractivity contribution < 1.29 is 4.39 Å². The van der Waals surface area contributed by atoms with Crippen molar-refractivity contribution in [2.75, 3.05) is 19.0 Å². The number of aryl methyl sites for hydroxylation is 1. The Balaban J connectivity index is 0.00000121. The van der Waals surface area contributed by atoms with E-state index in [1.807, 2.05) is 52.8 Å². The fourth-order valence-electron chi connectivity index (χ4n) is 1.77. The smallest absolute Gasteiger partial charge is 0.128 e. The van der Waals surface area contributed by atoms with Crippen LogP contribution in [0.4, 0.5) is 10.1 Å². The third kappa shape index (κ3) is 4.03. The summed E-state index contributed by atoms with van der Waals surface area (Å²) in [6, 6.07) is 3.64. The number of halogens is 1. The van der Waals surface area contributed by atoms with Gasteiger partial charge in [-0.05, 0) is 29.5 Å². The lowest BCUT2D eigenvalue weighted by molar-refractivity contribution is 0.597. The van der Waals surface area contributed by atoms with Crippen LogP contribution in [0.5, 0.6) is 0 Å². The Kier molecular flexibility index (Phi) is 6.86. The summed E-state index contributed by atoms with van der Waals surface area (Å²) in [5, 5.41) is 0. The van der Waals surface area contributed by atoms with Gasteiger partial charge in [-0.3, -0.25) is 0 Å². The molecule has 0 aliphatic rings. The molecule has 0 aromatic heterocycles. The van der Waals surface area contributed by atoms with Crippen molar-refractivity contribution in [2.24, 2.45) is 0 Å². The van der Waals surface area contributed by atoms with Crippen LogP contribution in [0.3, 0.4) is 0 Å². The first kappa shape index (κ1) is 16.0. The van der Waals surface area contributed by atoms with E-state index in [-0.39, 0.29) is 11.7 Å². The molecule has 0 saturated heterocycles. The van der Waals surface area contributed by atoms with Gasteiger partial charge >= 0.3 is 0 Å². The number of benzene rings is 1. The van der Waals surface area contributed by atoms with Crippen molar-refractivity contribution in [3.63, 3.8) is 0 Å². The minimum Gasteiger partial charge on any atom is -0.377 e. The van der Waals surface area contributed by atoms with Gasteiger partial charge < -0.3 is 4.90 Å². The molecule has 0 saturated carbocycles. The minimum atomic E-state index is -0.0918. The molecule has 0 radical (unpaired) electrons. The number of hydrogen-bond acceptors (Lipinski definition) is 1. The Bertz CT molecular complexity index is 343. The van der Waals surface area contributed by atoms with Gasteiger partial charge in [0.2, 0.25) is 0 Å². The molecule has 17 heavy (non-hydrogen) atoms. The molecule has 0 heterocycles. The summed E-state index contributed by atoms with van der Waals surface area (Å²) in [6.45, 7) is 10.1. The van der Waals surface area contributed by atoms with Crippen molar-refractivity contribution in [1.82, 2.24) is 0 Å². The molecular weight excluding hydrogens is 213 g/mol. The van der Waals surface area contributed by atoms with Crippen LogP contribution in [-0.2, 0) is 6.42 Å². The van der Waals surface area contributed by atoms with E-state index in [0.717, 1.165) is 17.7 Å². The average molecular weight is 239 g/mol. The zero-order valence-corrected chi connectivity index (χ0v) is 12.3. The Hall–Kier alpha value is -1.05. The van der Waals surface area contributed by atoms with Crippen LogP contribution in [0.25, 0.3) is 0 Å². The molecule has 98 valence electrons. The second kappa shape index (κ2) is 7.31. The van der Waals surface area contributed by atoms with Crippen LogP contribution in [0, 0.1) is 5.82 Å². The summed E-state index contributed by atoms with van der Waals surface area (Å²) in [5.74, 6) is 0.150. The number of hydrogen-bond donors (Lipinski definition) is 0. The van der Waals surface area contributed by atoms with Gasteiger partial charge in [0.25, 0.3) is 0 Å². The Morgan fingerprint density at radius 2 is 1.71 bits per heavy atom. The van der Waals surface area contributed by atoms with Gasteiger partial charge in [0.1, 0.15) is 5.82 Å². The van der Waals surface area contributed by atoms with E-state index in [9.17, 15) is 4.39 Å². The van der Waals surface area contributed by atoms with E-state index >= 15 is 0 Å². The first-order valence-electron chi connectivity index (χ1n) is 6.47. The molecule has 0 aliphatic heterocycles. The van der Waals surface area contributed by atoms with Gasteiger partial charge in [0, 0.05) is 19.8 Å². The highest BCUT2D eigenvalue weighted by molar-refractivity contribution is 5.55. The van der Waals surface area contributed by atoms with Crippen LogP contribution in [0.2, 0.25) is 0 Å². The summed E-state index contributed by atoms with van der Waals surface area (Å²) < 4.78 is 13.8. The number of rotatable bonds is 3. The van der Waals surface area contributed by atoms with Gasteiger partial charge in [-0.15, -0.1) is 0 Å². The van der Waals surface area contributed by atoms with Crippen LogP contribution in [0.1, 0.15) is 51.7 Å². The third-order valence-corrected chi connectivity index (χ3v) is 2.68. The Morgan fingerprint density at radius 1 is 1.18 bits per heavy atom. The number of anilines is 1. The number of nitrogens with zero attached hydrogens (tertiary/aromatic N) is 1. The monoisotopic (exact) mass is 239 g/mol. The lowest BCUT2D eigenvalue weighted by Gasteiger charge is -2.19. The largest absolute Gasteiger partial charge is 0.377 e. The van der Waals surface area contributed by atoms with E-state index in [1.54, 1.807) is 6.07 Å². The SMILES string of the molecule is CC.CCc1cc(C(C)C)c(F)cc1N(C)C. The molecule has 1 aromatic carbocycles. The van der Waals surface area contributed by atoms with Crippen molar-refractivity contribution >= 4 is 5.69 Å². The predicted molar refractivity (Wildman–Crippen MR) is 75.5 cm³/mol. The van der Waals surface area contributed by atoms with E-state index in [2.05, 4.69) is 6.92 Å². The third-order valence-electron chi connectivity index (χ3n) is 2.68. The topological polar surface area (TPSA) is 3.24 Å². The van der Waals surface area contributed by atoms with Gasteiger partial charge in [-0.2, -0.15) is 0 Å². The molecule has 0 unspecified atom stereocenters. The molecule has 0 bridgehead atoms. The van der Waals surface area contributed by atoms with E-state index in [1.165, 1.54) is 5.56 Å². The van der Waals surface area contributed by atoms with E-state index in [4.69, 9.17) is 0 Å². The van der Waals surface area contributed by atoms with Gasteiger partial charge in [0.15, 0.2) is 0 Å². The van der Waals surface area contributed by atoms with Crippen LogP contribution in [0.15, 0.2) is 12.1 Å². The van der Waals surface area contributed by atoms with E-state index < -0.39 is 0 Å². The average Bonchev–Trinajstić information content (AvgIpc) is 2.30. The maximum atomic E-state index is 13.8. The molecule has 0 atom stereocenters. The summed E-state index contributed by atoms with van der Waals surface area (Å²) in [7, 11) is 3.89. The highest BCUT2D eigenvalue weighted by Gasteiger charge is 2.12. The van der Waals surface area contributed by atoms with Gasteiger partial charge in [0.05, 0.1) is 0 Å². The lowest BCUT2D eigenvalue weighted by Crippen LogP contribution is -2.12. The normalized spacial score (nSPS) is 9.94. The second-order valence-electron chi connectivity index (χ2n) is 4.41. The van der Waals surface area contributed by atoms with Crippen LogP contribution < -0.4 is 4.90 Å². The first-order valence-corrected chi connectivity index (χ1v) is 6.47. The maximum absolute atomic E-state index is 13.8. The summed E-state index contributed by atoms with van der Waals surface area (Å²) in [5.41, 5.74) is 3.02. The fraction of sp³-hybridized carbons (Fsp3) is 0.600. The molecule has 1 rings (SSSR count). The lowest BCUT2D eigenvalue weighted by atomic mass is 9.97. The standard InChI is InChI=1S/C13H20FN.C2H6/c1-6-10-7-11(9(2)3)12(14)8-13(10)15(4)5;1-2/h7-9H,6H2,1-5H3;1-2H3. The molecule has 0 N–H and O–H groups in total. The second-order valence-corrected chi connectivity index (χ2v) is 4.41. The minimum absolute atomic E-state index is 0.0918. The Labute approximate surface area is 106 Å². The molecule has 2 heteroatoms. The van der Waals surface area contributed by atoms with Gasteiger partial charge in [-0.1, -0.05) is 40.7 Å². The van der Waals surface area contributed by atoms with Crippen molar-refractivity contribution in [2.45, 2.75) is 47.0 Å². The summed E-state index contributed by atoms with van der Waals surface area (Å²) >= 11 is 0. The molecule has 0 aliphatic carbocycles. The summed E-state index contributed by atoms with van der Waals surface area (Å²) in [6.07, 6.45) is 0.938. The molecule has 0 spiro atoms. The zero-order valence-electron chi connectivity index (χ0n) is 12.3. The Morgan fingerprint density at radius 3 is 2.06 bits per heavy atom. The van der Waals surface area contributed by atoms with Crippen molar-refractivity contribution in [1.29, 1.82) is 0 Å². The highest BCUT2D eigenvalue weighted by atomic mass is 19.1. The fourth-order valence-corrected chi connectivity index (χ4v) is 1.77. The van der Waals surface area contributed by atoms with Crippen LogP contribution in [-0.4, -0.2) is 14.1 Å². The molecule has 1 aromatic rings. The quantitative estimate of drug-likeness (QED) is 0.745. The first-order chi connectivity index (χ1) is 7.97. The van der Waals surface area contributed by atoms with Crippen LogP contribution >= 0.6 is 0 Å². The summed E-state index contributed by atoms with van der Waals surface area (Å²) in [4.78, 5) is 1.96. The predicted octanol–water partition coefficient (Wildman–Crippen LogP) is 4.60. The molecule has 0 amide bonds. The van der Waals surface area contributed by atoms with Crippen molar-refractivity contribution in [3.8, 4) is 0 Å². The van der Waals surface area contributed by atoms with Gasteiger partial charge in [-0.25, -0.2) is 4.39 Å². The maximum Gasteiger partial charge on any atom is 0.128 e. The van der Waals surface area contributed by atoms with E-state index in [0.29, 0.717) is 0 Å².